The number of aliphatic hydroxyl groups is 2. The molecule has 1 saturated heterocycles. The molecule has 0 amide bonds. The van der Waals surface area contributed by atoms with Crippen molar-refractivity contribution in [3.05, 3.63) is 134 Å². The van der Waals surface area contributed by atoms with Gasteiger partial charge in [0.25, 0.3) is 0 Å². The van der Waals surface area contributed by atoms with Crippen molar-refractivity contribution in [2.45, 2.75) is 250 Å². The first-order valence-corrected chi connectivity index (χ1v) is 30.2. The summed E-state index contributed by atoms with van der Waals surface area (Å²) < 4.78 is 28.4. The highest BCUT2D eigenvalue weighted by molar-refractivity contribution is 5.74. The molecule has 6 atom stereocenters. The van der Waals surface area contributed by atoms with E-state index in [4.69, 9.17) is 23.7 Å². The van der Waals surface area contributed by atoms with Crippen molar-refractivity contribution in [2.24, 2.45) is 0 Å². The monoisotopic (exact) mass is 1100 g/mol. The minimum Gasteiger partial charge on any atom is -0.479 e. The fraction of sp³-hybridized carbons (Fsp3) is 0.612. The van der Waals surface area contributed by atoms with Gasteiger partial charge in [0.1, 0.15) is 18.8 Å². The van der Waals surface area contributed by atoms with Crippen molar-refractivity contribution in [1.82, 2.24) is 0 Å². The lowest BCUT2D eigenvalue weighted by molar-refractivity contribution is -0.301. The van der Waals surface area contributed by atoms with Crippen molar-refractivity contribution < 1.29 is 58.2 Å². The fourth-order valence-electron chi connectivity index (χ4n) is 8.20. The number of carbonyl (C=O) groups excluding carboxylic acids is 3. The first-order chi connectivity index (χ1) is 38.6. The Hall–Kier alpha value is -5.14. The van der Waals surface area contributed by atoms with Crippen LogP contribution in [0.5, 0.6) is 0 Å². The molecule has 0 spiro atoms. The Morgan fingerprint density at radius 1 is 0.418 bits per heavy atom. The minimum absolute atomic E-state index is 0.0281. The largest absolute Gasteiger partial charge is 0.479 e. The molecule has 0 aromatic rings. The zero-order valence-electron chi connectivity index (χ0n) is 48.8. The first kappa shape index (κ1) is 71.9. The molecule has 0 bridgehead atoms. The highest BCUT2D eigenvalue weighted by Crippen LogP contribution is 2.26. The number of hydrogen-bond donors (Lipinski definition) is 3. The summed E-state index contributed by atoms with van der Waals surface area (Å²) in [6.07, 6.45) is 62.7. The number of allylic oxidation sites excluding steroid dienone is 22. The summed E-state index contributed by atoms with van der Waals surface area (Å²) in [7, 11) is 0. The van der Waals surface area contributed by atoms with Crippen molar-refractivity contribution in [2.75, 3.05) is 13.2 Å². The number of unbranched alkanes of at least 4 members (excludes halogenated alkanes) is 13. The SMILES string of the molecule is CC/C=C\C/C=C\C/C=C\C/C=C\C/C=C\CCCC(=O)OC1C(OCC(COC(=O)CCCCCCCCC/C=C\C/C=C\C/C=C\CC)OC(=O)CCCCCCC/C=C\C/C=C\C/C=C\CC)OC(C(=O)O)C(O)C1O. The van der Waals surface area contributed by atoms with Crippen LogP contribution < -0.4 is 0 Å². The molecular weight excluding hydrogens is 997 g/mol. The van der Waals surface area contributed by atoms with Gasteiger partial charge in [-0.2, -0.15) is 0 Å². The van der Waals surface area contributed by atoms with Crippen LogP contribution in [0.2, 0.25) is 0 Å². The third-order valence-corrected chi connectivity index (χ3v) is 12.7. The van der Waals surface area contributed by atoms with Crippen molar-refractivity contribution in [1.29, 1.82) is 0 Å². The number of hydrogen-bond acceptors (Lipinski definition) is 11. The molecule has 444 valence electrons. The van der Waals surface area contributed by atoms with E-state index >= 15 is 0 Å². The lowest BCUT2D eigenvalue weighted by Crippen LogP contribution is -2.61. The number of carbonyl (C=O) groups is 4. The van der Waals surface area contributed by atoms with E-state index in [0.29, 0.717) is 25.7 Å². The number of esters is 3. The molecule has 12 nitrogen and oxygen atoms in total. The summed E-state index contributed by atoms with van der Waals surface area (Å²) in [5, 5.41) is 31.5. The standard InChI is InChI=1S/C67H104O12/c1-4-7-10-13-16-19-22-25-28-30-33-35-38-41-44-47-50-53-59(68)75-56-58(77-60(69)54-51-48-45-42-39-36-32-27-24-21-18-15-12-9-6-3)57-76-67-65(63(72)62(71)64(79-67)66(73)74)78-61(70)55-52-49-46-43-40-37-34-31-29-26-23-20-17-14-11-8-5-2/h7-12,16-21,25-29,32,34,37,43,46,58,62-65,67,71-72H,4-6,13-15,22-24,30-31,33,35-36,38-42,44-45,47-57H2,1-3H3,(H,73,74)/b10-7-,11-8-,12-9-,19-16-,20-17-,21-18-,28-25-,29-26-,32-27-,37-34-,46-43-. The van der Waals surface area contributed by atoms with Crippen molar-refractivity contribution >= 4 is 23.9 Å². The molecule has 0 aromatic heterocycles. The topological polar surface area (TPSA) is 175 Å². The van der Waals surface area contributed by atoms with Gasteiger partial charge in [-0.3, -0.25) is 14.4 Å². The maximum Gasteiger partial charge on any atom is 0.335 e. The molecule has 1 fully saturated rings. The molecule has 0 aliphatic carbocycles. The Kier molecular flexibility index (Phi) is 48.7. The second-order valence-electron chi connectivity index (χ2n) is 19.8. The number of ether oxygens (including phenoxy) is 5. The van der Waals surface area contributed by atoms with Gasteiger partial charge in [0.15, 0.2) is 24.6 Å². The molecule has 0 aromatic carbocycles. The molecule has 0 radical (unpaired) electrons. The van der Waals surface area contributed by atoms with Crippen LogP contribution in [0.3, 0.4) is 0 Å². The van der Waals surface area contributed by atoms with Crippen LogP contribution in [0, 0.1) is 0 Å². The Morgan fingerprint density at radius 2 is 0.772 bits per heavy atom. The van der Waals surface area contributed by atoms with Crippen LogP contribution in [0.1, 0.15) is 213 Å². The normalized spacial score (nSPS) is 18.8. The molecule has 1 aliphatic rings. The predicted molar refractivity (Wildman–Crippen MR) is 321 cm³/mol. The molecule has 1 heterocycles. The van der Waals surface area contributed by atoms with Crippen LogP contribution in [-0.4, -0.2) is 89.2 Å². The van der Waals surface area contributed by atoms with Gasteiger partial charge >= 0.3 is 23.9 Å². The number of carboxylic acids is 1. The lowest BCUT2D eigenvalue weighted by Gasteiger charge is -2.40. The molecule has 3 N–H and O–H groups in total. The van der Waals surface area contributed by atoms with Gasteiger partial charge in [0, 0.05) is 19.3 Å². The summed E-state index contributed by atoms with van der Waals surface area (Å²) in [4.78, 5) is 51.2. The van der Waals surface area contributed by atoms with Crippen LogP contribution in [0.25, 0.3) is 0 Å². The van der Waals surface area contributed by atoms with E-state index < -0.39 is 67.3 Å². The quantitative estimate of drug-likeness (QED) is 0.0228. The van der Waals surface area contributed by atoms with E-state index in [0.717, 1.165) is 141 Å². The molecule has 0 saturated carbocycles. The van der Waals surface area contributed by atoms with E-state index in [1.807, 2.05) is 12.2 Å². The highest BCUT2D eigenvalue weighted by atomic mass is 16.7. The van der Waals surface area contributed by atoms with Crippen molar-refractivity contribution in [3.8, 4) is 0 Å². The Labute approximate surface area is 477 Å². The third-order valence-electron chi connectivity index (χ3n) is 12.7. The lowest BCUT2D eigenvalue weighted by atomic mass is 9.98. The summed E-state index contributed by atoms with van der Waals surface area (Å²) >= 11 is 0. The van der Waals surface area contributed by atoms with Gasteiger partial charge in [-0.25, -0.2) is 4.79 Å². The number of aliphatic carboxylic acids is 1. The second-order valence-corrected chi connectivity index (χ2v) is 19.8. The van der Waals surface area contributed by atoms with Gasteiger partial charge in [-0.15, -0.1) is 0 Å². The van der Waals surface area contributed by atoms with E-state index in [-0.39, 0.29) is 25.9 Å². The second kappa shape index (κ2) is 53.5. The zero-order valence-corrected chi connectivity index (χ0v) is 48.8. The number of aliphatic hydroxyl groups excluding tert-OH is 2. The van der Waals surface area contributed by atoms with Gasteiger partial charge in [-0.1, -0.05) is 206 Å². The highest BCUT2D eigenvalue weighted by Gasteiger charge is 2.50. The molecule has 79 heavy (non-hydrogen) atoms. The molecule has 1 rings (SSSR count). The van der Waals surface area contributed by atoms with Gasteiger partial charge in [0.05, 0.1) is 6.61 Å². The zero-order chi connectivity index (χ0) is 57.5. The Bertz CT molecular complexity index is 1880. The number of carboxylic acid groups (broad SMARTS) is 1. The first-order valence-electron chi connectivity index (χ1n) is 30.2. The molecule has 12 heteroatoms. The smallest absolute Gasteiger partial charge is 0.335 e. The summed E-state index contributed by atoms with van der Waals surface area (Å²) in [5.41, 5.74) is 0. The average molecular weight is 1100 g/mol. The molecular formula is C67H104O12. The minimum atomic E-state index is -1.93. The average Bonchev–Trinajstić information content (AvgIpc) is 3.43. The van der Waals surface area contributed by atoms with Crippen LogP contribution >= 0.6 is 0 Å². The maximum atomic E-state index is 13.2. The van der Waals surface area contributed by atoms with E-state index in [9.17, 15) is 34.5 Å². The van der Waals surface area contributed by atoms with Crippen LogP contribution in [-0.2, 0) is 42.9 Å². The van der Waals surface area contributed by atoms with E-state index in [1.165, 1.54) is 6.42 Å². The Morgan fingerprint density at radius 3 is 1.19 bits per heavy atom. The van der Waals surface area contributed by atoms with Gasteiger partial charge < -0.3 is 39.0 Å². The number of rotatable bonds is 49. The summed E-state index contributed by atoms with van der Waals surface area (Å²) in [6, 6.07) is 0. The molecule has 6 unspecified atom stereocenters. The van der Waals surface area contributed by atoms with Crippen LogP contribution in [0.4, 0.5) is 0 Å². The van der Waals surface area contributed by atoms with Crippen LogP contribution in [0.15, 0.2) is 134 Å². The van der Waals surface area contributed by atoms with Gasteiger partial charge in [-0.05, 0) is 122 Å². The maximum absolute atomic E-state index is 13.2. The summed E-state index contributed by atoms with van der Waals surface area (Å²) in [5.74, 6) is -3.25. The van der Waals surface area contributed by atoms with E-state index in [2.05, 4.69) is 142 Å². The van der Waals surface area contributed by atoms with Crippen molar-refractivity contribution in [3.63, 3.8) is 0 Å². The third kappa shape index (κ3) is 43.4. The van der Waals surface area contributed by atoms with Gasteiger partial charge in [0.2, 0.25) is 0 Å². The summed E-state index contributed by atoms with van der Waals surface area (Å²) in [6.45, 7) is 5.60. The Balaban J connectivity index is 2.74. The predicted octanol–water partition coefficient (Wildman–Crippen LogP) is 15.8. The van der Waals surface area contributed by atoms with E-state index in [1.54, 1.807) is 0 Å². The fourth-order valence-corrected chi connectivity index (χ4v) is 8.20. The molecule has 1 aliphatic heterocycles.